The Kier molecular flexibility index (Phi) is 4.56. The Morgan fingerprint density at radius 1 is 1.13 bits per heavy atom. The number of ketones is 1. The van der Waals surface area contributed by atoms with Gasteiger partial charge >= 0.3 is 12.1 Å². The maximum absolute atomic E-state index is 13.7. The molecular weight excluding hydrogens is 395 g/mol. The molecule has 0 saturated heterocycles. The van der Waals surface area contributed by atoms with E-state index in [2.05, 4.69) is 5.32 Å². The van der Waals surface area contributed by atoms with Crippen molar-refractivity contribution in [3.63, 3.8) is 0 Å². The number of hydrogen-bond acceptors (Lipinski definition) is 3. The number of allylic oxidation sites excluding steroid dienone is 1. The number of nitrogens with one attached hydrogen (secondary N) is 1. The van der Waals surface area contributed by atoms with E-state index in [4.69, 9.17) is 0 Å². The van der Waals surface area contributed by atoms with Crippen LogP contribution < -0.4 is 10.2 Å². The van der Waals surface area contributed by atoms with Crippen LogP contribution in [0.4, 0.5) is 24.5 Å². The number of rotatable bonds is 1. The smallest absolute Gasteiger partial charge is 0.357 e. The molecule has 1 aromatic heterocycles. The van der Waals surface area contributed by atoms with Crippen molar-refractivity contribution in [2.45, 2.75) is 38.9 Å². The van der Waals surface area contributed by atoms with Gasteiger partial charge in [-0.1, -0.05) is 26.0 Å². The van der Waals surface area contributed by atoms with E-state index in [0.717, 1.165) is 4.90 Å². The number of carbonyl (C=O) groups is 2. The van der Waals surface area contributed by atoms with Crippen LogP contribution in [-0.4, -0.2) is 22.4 Å². The zero-order valence-corrected chi connectivity index (χ0v) is 16.9. The predicted octanol–water partition coefficient (Wildman–Crippen LogP) is 4.73. The lowest BCUT2D eigenvalue weighted by Gasteiger charge is -2.37. The summed E-state index contributed by atoms with van der Waals surface area (Å²) in [6.07, 6.45) is -2.73. The number of carbonyl (C=O) groups excluding carboxylic acids is 2. The van der Waals surface area contributed by atoms with Gasteiger partial charge in [0.2, 0.25) is 0 Å². The fourth-order valence-electron chi connectivity index (χ4n) is 4.39. The molecule has 2 heterocycles. The quantitative estimate of drug-likeness (QED) is 0.730. The zero-order chi connectivity index (χ0) is 21.8. The third-order valence-corrected chi connectivity index (χ3v) is 5.63. The number of aryl methyl sites for hydroxylation is 1. The second-order valence-corrected chi connectivity index (χ2v) is 8.59. The van der Waals surface area contributed by atoms with E-state index < -0.39 is 18.1 Å². The SMILES string of the molecule is Cn1cccc1[C@@H]1C2=C(CC(C)(C)CC2=O)Nc2ccccc2N1C(=O)C(F)(F)F. The van der Waals surface area contributed by atoms with Crippen LogP contribution in [0.5, 0.6) is 0 Å². The number of amides is 1. The molecule has 1 aromatic carbocycles. The number of anilines is 2. The summed E-state index contributed by atoms with van der Waals surface area (Å²) in [5.74, 6) is -2.26. The molecule has 30 heavy (non-hydrogen) atoms. The molecule has 0 saturated carbocycles. The molecule has 2 aliphatic rings. The lowest BCUT2D eigenvalue weighted by molar-refractivity contribution is -0.170. The highest BCUT2D eigenvalue weighted by atomic mass is 19.4. The van der Waals surface area contributed by atoms with Crippen LogP contribution in [0.1, 0.15) is 38.4 Å². The Morgan fingerprint density at radius 2 is 1.83 bits per heavy atom. The number of nitrogens with zero attached hydrogens (tertiary/aromatic N) is 2. The van der Waals surface area contributed by atoms with E-state index in [0.29, 0.717) is 23.5 Å². The highest BCUT2D eigenvalue weighted by Gasteiger charge is 2.50. The first-order valence-electron chi connectivity index (χ1n) is 9.63. The highest BCUT2D eigenvalue weighted by molar-refractivity contribution is 6.07. The van der Waals surface area contributed by atoms with Crippen molar-refractivity contribution in [1.29, 1.82) is 0 Å². The minimum atomic E-state index is -5.10. The molecule has 8 heteroatoms. The van der Waals surface area contributed by atoms with E-state index in [1.165, 1.54) is 6.07 Å². The van der Waals surface area contributed by atoms with E-state index in [-0.39, 0.29) is 28.9 Å². The molecule has 1 aliphatic heterocycles. The van der Waals surface area contributed by atoms with Gasteiger partial charge in [0, 0.05) is 36.6 Å². The van der Waals surface area contributed by atoms with Gasteiger partial charge in [-0.25, -0.2) is 0 Å². The van der Waals surface area contributed by atoms with Crippen molar-refractivity contribution in [1.82, 2.24) is 4.57 Å². The number of alkyl halides is 3. The molecule has 1 amide bonds. The minimum absolute atomic E-state index is 0.0889. The maximum atomic E-state index is 13.7. The van der Waals surface area contributed by atoms with Gasteiger partial charge in [0.25, 0.3) is 0 Å². The third kappa shape index (κ3) is 3.30. The molecule has 0 fully saturated rings. The monoisotopic (exact) mass is 417 g/mol. The number of para-hydroxylation sites is 2. The molecule has 5 nitrogen and oxygen atoms in total. The lowest BCUT2D eigenvalue weighted by atomic mass is 9.73. The summed E-state index contributed by atoms with van der Waals surface area (Å²) in [4.78, 5) is 26.7. The van der Waals surface area contributed by atoms with Gasteiger partial charge in [0.1, 0.15) is 6.04 Å². The first-order chi connectivity index (χ1) is 14.0. The molecule has 0 unspecified atom stereocenters. The van der Waals surface area contributed by atoms with Crippen molar-refractivity contribution in [3.05, 3.63) is 59.6 Å². The number of hydrogen-bond donors (Lipinski definition) is 1. The Hall–Kier alpha value is -3.03. The first-order valence-corrected chi connectivity index (χ1v) is 9.63. The van der Waals surface area contributed by atoms with Crippen LogP contribution in [0.2, 0.25) is 0 Å². The Morgan fingerprint density at radius 3 is 2.47 bits per heavy atom. The lowest BCUT2D eigenvalue weighted by Crippen LogP contribution is -2.46. The molecule has 0 bridgehead atoms. The van der Waals surface area contributed by atoms with Crippen LogP contribution >= 0.6 is 0 Å². The number of Topliss-reactive ketones (excluding diaryl/α,β-unsaturated/α-hetero) is 1. The summed E-state index contributed by atoms with van der Waals surface area (Å²) in [5, 5.41) is 3.18. The van der Waals surface area contributed by atoms with Gasteiger partial charge in [-0.2, -0.15) is 13.2 Å². The Balaban J connectivity index is 2.04. The predicted molar refractivity (Wildman–Crippen MR) is 107 cm³/mol. The maximum Gasteiger partial charge on any atom is 0.471 e. The molecule has 4 rings (SSSR count). The standard InChI is InChI=1S/C22H22F3N3O2/c1-21(2)11-14-18(17(29)12-21)19(16-9-6-10-27(16)3)28(20(30)22(23,24)25)15-8-5-4-7-13(15)26-14/h4-10,19,26H,11-12H2,1-3H3/t19-/m1/s1. The van der Waals surface area contributed by atoms with Crippen LogP contribution in [0.15, 0.2) is 53.9 Å². The fourth-order valence-corrected chi connectivity index (χ4v) is 4.39. The average Bonchev–Trinajstić information content (AvgIpc) is 2.98. The summed E-state index contributed by atoms with van der Waals surface area (Å²) in [6.45, 7) is 3.90. The van der Waals surface area contributed by atoms with Gasteiger partial charge < -0.3 is 9.88 Å². The molecular formula is C22H22F3N3O2. The molecule has 1 atom stereocenters. The summed E-state index contributed by atoms with van der Waals surface area (Å²) >= 11 is 0. The van der Waals surface area contributed by atoms with Crippen molar-refractivity contribution < 1.29 is 22.8 Å². The number of halogens is 3. The fraction of sp³-hybridized carbons (Fsp3) is 0.364. The molecule has 1 N–H and O–H groups in total. The number of fused-ring (bicyclic) bond motifs is 1. The van der Waals surface area contributed by atoms with Gasteiger partial charge in [0.15, 0.2) is 5.78 Å². The van der Waals surface area contributed by atoms with E-state index in [9.17, 15) is 22.8 Å². The van der Waals surface area contributed by atoms with Gasteiger partial charge in [-0.3, -0.25) is 14.5 Å². The average molecular weight is 417 g/mol. The van der Waals surface area contributed by atoms with E-state index >= 15 is 0 Å². The first kappa shape index (κ1) is 20.3. The largest absolute Gasteiger partial charge is 0.471 e. The summed E-state index contributed by atoms with van der Waals surface area (Å²) in [6, 6.07) is 8.50. The van der Waals surface area contributed by atoms with Gasteiger partial charge in [0.05, 0.1) is 11.4 Å². The molecule has 0 radical (unpaired) electrons. The van der Waals surface area contributed by atoms with Crippen LogP contribution in [-0.2, 0) is 16.6 Å². The molecule has 1 aliphatic carbocycles. The van der Waals surface area contributed by atoms with Crippen molar-refractivity contribution in [2.24, 2.45) is 12.5 Å². The topological polar surface area (TPSA) is 54.3 Å². The van der Waals surface area contributed by atoms with Crippen molar-refractivity contribution in [2.75, 3.05) is 10.2 Å². The van der Waals surface area contributed by atoms with Crippen LogP contribution in [0, 0.1) is 5.41 Å². The molecule has 158 valence electrons. The highest BCUT2D eigenvalue weighted by Crippen LogP contribution is 2.49. The van der Waals surface area contributed by atoms with Crippen LogP contribution in [0.3, 0.4) is 0 Å². The minimum Gasteiger partial charge on any atom is -0.357 e. The molecule has 0 spiro atoms. The Bertz CT molecular complexity index is 1070. The summed E-state index contributed by atoms with van der Waals surface area (Å²) < 4.78 is 42.7. The van der Waals surface area contributed by atoms with E-state index in [1.54, 1.807) is 48.1 Å². The van der Waals surface area contributed by atoms with Crippen molar-refractivity contribution in [3.8, 4) is 0 Å². The number of aromatic nitrogens is 1. The third-order valence-electron chi connectivity index (χ3n) is 5.63. The van der Waals surface area contributed by atoms with Crippen LogP contribution in [0.25, 0.3) is 0 Å². The Labute approximate surface area is 172 Å². The zero-order valence-electron chi connectivity index (χ0n) is 16.9. The second kappa shape index (κ2) is 6.75. The summed E-state index contributed by atoms with van der Waals surface area (Å²) in [5.41, 5.74) is 1.32. The van der Waals surface area contributed by atoms with Crippen molar-refractivity contribution >= 4 is 23.1 Å². The van der Waals surface area contributed by atoms with Gasteiger partial charge in [-0.05, 0) is 36.1 Å². The number of benzene rings is 1. The van der Waals surface area contributed by atoms with E-state index in [1.807, 2.05) is 13.8 Å². The summed E-state index contributed by atoms with van der Waals surface area (Å²) in [7, 11) is 1.69. The second-order valence-electron chi connectivity index (χ2n) is 8.59. The molecule has 2 aromatic rings. The van der Waals surface area contributed by atoms with Gasteiger partial charge in [-0.15, -0.1) is 0 Å². The normalized spacial score (nSPS) is 20.9.